The van der Waals surface area contributed by atoms with Crippen LogP contribution in [0, 0.1) is 0 Å². The van der Waals surface area contributed by atoms with Crippen molar-refractivity contribution < 1.29 is 13.2 Å². The van der Waals surface area contributed by atoms with Crippen LogP contribution >= 0.6 is 11.8 Å². The molecule has 23 heavy (non-hydrogen) atoms. The number of hydrogen-bond acceptors (Lipinski definition) is 4. The fourth-order valence-electron chi connectivity index (χ4n) is 3.03. The summed E-state index contributed by atoms with van der Waals surface area (Å²) in [5.41, 5.74) is 1.98. The summed E-state index contributed by atoms with van der Waals surface area (Å²) in [4.78, 5) is 15.7. The summed E-state index contributed by atoms with van der Waals surface area (Å²) in [5, 5.41) is 0. The van der Waals surface area contributed by atoms with Gasteiger partial charge in [-0.2, -0.15) is 4.31 Å². The zero-order valence-electron chi connectivity index (χ0n) is 13.3. The van der Waals surface area contributed by atoms with Crippen LogP contribution in [0.4, 0.5) is 0 Å². The van der Waals surface area contributed by atoms with Crippen molar-refractivity contribution in [2.24, 2.45) is 0 Å². The van der Waals surface area contributed by atoms with Crippen LogP contribution in [0.2, 0.25) is 0 Å². The molecule has 0 atom stereocenters. The molecule has 0 bridgehead atoms. The first-order valence-electron chi connectivity index (χ1n) is 8.04. The zero-order chi connectivity index (χ0) is 16.4. The number of carbonyl (C=O) groups is 1. The number of benzene rings is 1. The summed E-state index contributed by atoms with van der Waals surface area (Å²) in [6, 6.07) is 5.96. The fraction of sp³-hybridized carbons (Fsp3) is 0.562. The molecule has 2 aliphatic rings. The molecule has 2 aliphatic heterocycles. The second-order valence-electron chi connectivity index (χ2n) is 5.87. The monoisotopic (exact) mass is 354 g/mol. The average Bonchev–Trinajstić information content (AvgIpc) is 2.60. The van der Waals surface area contributed by atoms with Crippen molar-refractivity contribution in [3.63, 3.8) is 0 Å². The van der Waals surface area contributed by atoms with E-state index in [0.29, 0.717) is 26.2 Å². The molecule has 0 saturated carbocycles. The van der Waals surface area contributed by atoms with Gasteiger partial charge in [-0.3, -0.25) is 4.79 Å². The van der Waals surface area contributed by atoms with Gasteiger partial charge in [0.25, 0.3) is 5.91 Å². The highest BCUT2D eigenvalue weighted by Crippen LogP contribution is 2.30. The van der Waals surface area contributed by atoms with Crippen LogP contribution in [0.3, 0.4) is 0 Å². The van der Waals surface area contributed by atoms with Gasteiger partial charge in [0.05, 0.1) is 5.75 Å². The summed E-state index contributed by atoms with van der Waals surface area (Å²) in [6.07, 6.45) is 2.19. The molecule has 3 rings (SSSR count). The third-order valence-corrected chi connectivity index (χ3v) is 7.52. The maximum absolute atomic E-state index is 12.7. The van der Waals surface area contributed by atoms with Crippen LogP contribution < -0.4 is 0 Å². The van der Waals surface area contributed by atoms with Gasteiger partial charge in [0, 0.05) is 36.6 Å². The van der Waals surface area contributed by atoms with Gasteiger partial charge >= 0.3 is 0 Å². The normalized spacial score (nSPS) is 19.4. The highest BCUT2D eigenvalue weighted by molar-refractivity contribution is 7.99. The molecular formula is C16H22N2O3S2. The van der Waals surface area contributed by atoms with E-state index in [-0.39, 0.29) is 11.7 Å². The molecule has 1 aromatic carbocycles. The van der Waals surface area contributed by atoms with E-state index in [9.17, 15) is 13.2 Å². The van der Waals surface area contributed by atoms with E-state index in [1.54, 1.807) is 11.8 Å². The smallest absolute Gasteiger partial charge is 0.253 e. The SMILES string of the molecule is CCS(=O)(=O)N1CCN(C(=O)c2ccc3c(c2)CCCS3)CC1. The Morgan fingerprint density at radius 2 is 1.96 bits per heavy atom. The molecule has 0 spiro atoms. The van der Waals surface area contributed by atoms with Crippen LogP contribution in [0.1, 0.15) is 29.3 Å². The summed E-state index contributed by atoms with van der Waals surface area (Å²) in [6.45, 7) is 3.36. The Kier molecular flexibility index (Phi) is 4.98. The first kappa shape index (κ1) is 16.8. The summed E-state index contributed by atoms with van der Waals surface area (Å²) in [5.74, 6) is 1.27. The number of hydrogen-bond donors (Lipinski definition) is 0. The van der Waals surface area contributed by atoms with Gasteiger partial charge < -0.3 is 4.90 Å². The number of rotatable bonds is 3. The molecule has 5 nitrogen and oxygen atoms in total. The van der Waals surface area contributed by atoms with Gasteiger partial charge in [-0.25, -0.2) is 8.42 Å². The van der Waals surface area contributed by atoms with Crippen LogP contribution in [0.25, 0.3) is 0 Å². The number of amides is 1. The largest absolute Gasteiger partial charge is 0.336 e. The Morgan fingerprint density at radius 1 is 1.22 bits per heavy atom. The van der Waals surface area contributed by atoms with E-state index >= 15 is 0 Å². The van der Waals surface area contributed by atoms with Gasteiger partial charge in [-0.15, -0.1) is 11.8 Å². The number of piperazine rings is 1. The molecule has 1 fully saturated rings. The number of carbonyl (C=O) groups excluding carboxylic acids is 1. The Labute approximate surface area is 142 Å². The van der Waals surface area contributed by atoms with Crippen molar-refractivity contribution >= 4 is 27.7 Å². The molecule has 0 radical (unpaired) electrons. The molecule has 2 heterocycles. The molecular weight excluding hydrogens is 332 g/mol. The Hall–Kier alpha value is -1.05. The average molecular weight is 354 g/mol. The molecule has 7 heteroatoms. The molecule has 1 saturated heterocycles. The predicted molar refractivity (Wildman–Crippen MR) is 92.4 cm³/mol. The molecule has 0 N–H and O–H groups in total. The Bertz CT molecular complexity index is 695. The summed E-state index contributed by atoms with van der Waals surface area (Å²) >= 11 is 1.85. The molecule has 0 unspecified atom stereocenters. The second-order valence-corrected chi connectivity index (χ2v) is 9.26. The Balaban J connectivity index is 1.68. The minimum absolute atomic E-state index is 0.0110. The highest BCUT2D eigenvalue weighted by Gasteiger charge is 2.28. The van der Waals surface area contributed by atoms with Crippen LogP contribution in [-0.2, 0) is 16.4 Å². The number of thioether (sulfide) groups is 1. The first-order valence-corrected chi connectivity index (χ1v) is 10.6. The summed E-state index contributed by atoms with van der Waals surface area (Å²) < 4.78 is 25.2. The molecule has 1 aromatic rings. The maximum Gasteiger partial charge on any atom is 0.253 e. The van der Waals surface area contributed by atoms with Gasteiger partial charge in [-0.05, 0) is 49.3 Å². The van der Waals surface area contributed by atoms with E-state index < -0.39 is 10.0 Å². The van der Waals surface area contributed by atoms with Crippen LogP contribution in [0.5, 0.6) is 0 Å². The second kappa shape index (κ2) is 6.83. The minimum atomic E-state index is -3.15. The number of sulfonamides is 1. The Morgan fingerprint density at radius 3 is 2.65 bits per heavy atom. The van der Waals surface area contributed by atoms with Crippen molar-refractivity contribution in [2.75, 3.05) is 37.7 Å². The van der Waals surface area contributed by atoms with Crippen molar-refractivity contribution in [3.8, 4) is 0 Å². The topological polar surface area (TPSA) is 57.7 Å². The van der Waals surface area contributed by atoms with E-state index in [2.05, 4.69) is 0 Å². The van der Waals surface area contributed by atoms with Crippen molar-refractivity contribution in [2.45, 2.75) is 24.7 Å². The highest BCUT2D eigenvalue weighted by atomic mass is 32.2. The van der Waals surface area contributed by atoms with E-state index in [1.807, 2.05) is 30.0 Å². The van der Waals surface area contributed by atoms with Gasteiger partial charge in [0.15, 0.2) is 0 Å². The van der Waals surface area contributed by atoms with Crippen molar-refractivity contribution in [1.29, 1.82) is 0 Å². The lowest BCUT2D eigenvalue weighted by Crippen LogP contribution is -2.50. The third kappa shape index (κ3) is 3.56. The van der Waals surface area contributed by atoms with Gasteiger partial charge in [0.1, 0.15) is 0 Å². The quantitative estimate of drug-likeness (QED) is 0.831. The molecule has 0 aliphatic carbocycles. The predicted octanol–water partition coefficient (Wildman–Crippen LogP) is 1.83. The minimum Gasteiger partial charge on any atom is -0.336 e. The van der Waals surface area contributed by atoms with Crippen molar-refractivity contribution in [3.05, 3.63) is 29.3 Å². The van der Waals surface area contributed by atoms with Crippen LogP contribution in [-0.4, -0.2) is 61.2 Å². The fourth-order valence-corrected chi connectivity index (χ4v) is 5.13. The molecule has 126 valence electrons. The first-order chi connectivity index (χ1) is 11.0. The standard InChI is InChI=1S/C16H22N2O3S2/c1-2-23(20,21)18-9-7-17(8-10-18)16(19)14-5-6-15-13(12-14)4-3-11-22-15/h5-6,12H,2-4,7-11H2,1H3. The van der Waals surface area contributed by atoms with Gasteiger partial charge in [0.2, 0.25) is 10.0 Å². The number of nitrogens with zero attached hydrogens (tertiary/aromatic N) is 2. The van der Waals surface area contributed by atoms with E-state index in [1.165, 1.54) is 14.8 Å². The molecule has 1 amide bonds. The molecule has 0 aromatic heterocycles. The summed E-state index contributed by atoms with van der Waals surface area (Å²) in [7, 11) is -3.15. The lowest BCUT2D eigenvalue weighted by atomic mass is 10.1. The lowest BCUT2D eigenvalue weighted by Gasteiger charge is -2.34. The van der Waals surface area contributed by atoms with E-state index in [0.717, 1.165) is 24.2 Å². The van der Waals surface area contributed by atoms with Crippen LogP contribution in [0.15, 0.2) is 23.1 Å². The van der Waals surface area contributed by atoms with Crippen molar-refractivity contribution in [1.82, 2.24) is 9.21 Å². The number of aryl methyl sites for hydroxylation is 1. The number of fused-ring (bicyclic) bond motifs is 1. The lowest BCUT2D eigenvalue weighted by molar-refractivity contribution is 0.0698. The zero-order valence-corrected chi connectivity index (χ0v) is 15.0. The maximum atomic E-state index is 12.7. The van der Waals surface area contributed by atoms with Gasteiger partial charge in [-0.1, -0.05) is 0 Å². The third-order valence-electron chi connectivity index (χ3n) is 4.44. The van der Waals surface area contributed by atoms with E-state index in [4.69, 9.17) is 0 Å².